The van der Waals surface area contributed by atoms with Crippen LogP contribution in [0.15, 0.2) is 30.3 Å². The van der Waals surface area contributed by atoms with Gasteiger partial charge in [0, 0.05) is 18.6 Å². The number of rotatable bonds is 7. The summed E-state index contributed by atoms with van der Waals surface area (Å²) in [6.45, 7) is 10.8. The predicted molar refractivity (Wildman–Crippen MR) is 91.5 cm³/mol. The van der Waals surface area contributed by atoms with E-state index in [9.17, 15) is 0 Å². The zero-order valence-electron chi connectivity index (χ0n) is 14.0. The molecule has 0 amide bonds. The Morgan fingerprint density at radius 2 is 2.00 bits per heavy atom. The van der Waals surface area contributed by atoms with Crippen LogP contribution < -0.4 is 5.32 Å². The van der Waals surface area contributed by atoms with Gasteiger partial charge in [0.05, 0.1) is 0 Å². The Labute approximate surface area is 130 Å². The molecule has 1 aromatic carbocycles. The minimum atomic E-state index is 0.489. The highest BCUT2D eigenvalue weighted by atomic mass is 15.1. The molecule has 21 heavy (non-hydrogen) atoms. The van der Waals surface area contributed by atoms with Gasteiger partial charge in [-0.15, -0.1) is 0 Å². The van der Waals surface area contributed by atoms with Crippen molar-refractivity contribution in [2.75, 3.05) is 19.6 Å². The monoisotopic (exact) mass is 288 g/mol. The number of likely N-dealkylation sites (tertiary alicyclic amines) is 1. The number of piperidine rings is 1. The zero-order valence-corrected chi connectivity index (χ0v) is 14.0. The normalized spacial score (nSPS) is 22.9. The molecule has 1 N–H and O–H groups in total. The first-order valence-corrected chi connectivity index (χ1v) is 8.78. The molecule has 1 saturated heterocycles. The van der Waals surface area contributed by atoms with Gasteiger partial charge in [-0.05, 0) is 57.2 Å². The summed E-state index contributed by atoms with van der Waals surface area (Å²) in [4.78, 5) is 2.65. The van der Waals surface area contributed by atoms with Crippen LogP contribution in [-0.4, -0.2) is 30.6 Å². The second-order valence-electron chi connectivity index (χ2n) is 6.53. The summed E-state index contributed by atoms with van der Waals surface area (Å²) in [6.07, 6.45) is 5.16. The number of nitrogens with one attached hydrogen (secondary N) is 1. The highest BCUT2D eigenvalue weighted by molar-refractivity contribution is 5.18. The predicted octanol–water partition coefficient (Wildman–Crippen LogP) is 4.24. The van der Waals surface area contributed by atoms with E-state index in [1.54, 1.807) is 0 Å². The Morgan fingerprint density at radius 1 is 1.24 bits per heavy atom. The van der Waals surface area contributed by atoms with Crippen molar-refractivity contribution in [3.05, 3.63) is 35.9 Å². The van der Waals surface area contributed by atoms with Gasteiger partial charge in [-0.25, -0.2) is 0 Å². The third kappa shape index (κ3) is 4.82. The fourth-order valence-electron chi connectivity index (χ4n) is 3.61. The van der Waals surface area contributed by atoms with Crippen molar-refractivity contribution in [2.24, 2.45) is 5.92 Å². The first kappa shape index (κ1) is 16.5. The Hall–Kier alpha value is -0.860. The summed E-state index contributed by atoms with van der Waals surface area (Å²) < 4.78 is 0. The molecule has 1 fully saturated rings. The maximum Gasteiger partial charge on any atom is 0.0320 e. The van der Waals surface area contributed by atoms with E-state index in [1.807, 2.05) is 0 Å². The van der Waals surface area contributed by atoms with Crippen LogP contribution in [0, 0.1) is 5.92 Å². The van der Waals surface area contributed by atoms with Crippen LogP contribution in [-0.2, 0) is 0 Å². The summed E-state index contributed by atoms with van der Waals surface area (Å²) in [5.74, 6) is 0.795. The van der Waals surface area contributed by atoms with Crippen LogP contribution in [0.1, 0.15) is 58.1 Å². The average Bonchev–Trinajstić information content (AvgIpc) is 2.54. The maximum absolute atomic E-state index is 3.89. The molecule has 3 unspecified atom stereocenters. The van der Waals surface area contributed by atoms with E-state index in [1.165, 1.54) is 44.5 Å². The van der Waals surface area contributed by atoms with E-state index in [0.717, 1.165) is 12.3 Å². The van der Waals surface area contributed by atoms with Gasteiger partial charge in [0.1, 0.15) is 0 Å². The summed E-state index contributed by atoms with van der Waals surface area (Å²) in [6, 6.07) is 12.0. The van der Waals surface area contributed by atoms with Gasteiger partial charge in [0.15, 0.2) is 0 Å². The molecule has 2 heteroatoms. The van der Waals surface area contributed by atoms with Gasteiger partial charge in [0.25, 0.3) is 0 Å². The van der Waals surface area contributed by atoms with Gasteiger partial charge in [-0.3, -0.25) is 0 Å². The van der Waals surface area contributed by atoms with Gasteiger partial charge in [0.2, 0.25) is 0 Å². The van der Waals surface area contributed by atoms with Crippen LogP contribution in [0.3, 0.4) is 0 Å². The molecule has 1 aliphatic rings. The van der Waals surface area contributed by atoms with Crippen molar-refractivity contribution < 1.29 is 0 Å². The molecule has 1 aliphatic heterocycles. The van der Waals surface area contributed by atoms with Gasteiger partial charge in [-0.2, -0.15) is 0 Å². The van der Waals surface area contributed by atoms with E-state index in [4.69, 9.17) is 0 Å². The van der Waals surface area contributed by atoms with E-state index >= 15 is 0 Å². The number of nitrogens with zero attached hydrogens (tertiary/aromatic N) is 1. The molecule has 1 aromatic rings. The van der Waals surface area contributed by atoms with E-state index in [2.05, 4.69) is 61.3 Å². The topological polar surface area (TPSA) is 15.3 Å². The molecule has 3 atom stereocenters. The number of hydrogen-bond acceptors (Lipinski definition) is 2. The molecule has 0 aromatic heterocycles. The van der Waals surface area contributed by atoms with E-state index in [-0.39, 0.29) is 0 Å². The van der Waals surface area contributed by atoms with Crippen LogP contribution in [0.2, 0.25) is 0 Å². The van der Waals surface area contributed by atoms with Crippen molar-refractivity contribution in [1.29, 1.82) is 0 Å². The van der Waals surface area contributed by atoms with Gasteiger partial charge in [-0.1, -0.05) is 44.2 Å². The van der Waals surface area contributed by atoms with Crippen molar-refractivity contribution >= 4 is 0 Å². The molecular formula is C19H32N2. The second-order valence-corrected chi connectivity index (χ2v) is 6.53. The minimum absolute atomic E-state index is 0.489. The standard InChI is InChI=1S/C19H32N2/c1-4-13-21-14-9-12-18(15-21)16(3)20-19(5-2)17-10-7-6-8-11-17/h6-8,10-11,16,18-20H,4-5,9,12-15H2,1-3H3. The first-order valence-electron chi connectivity index (χ1n) is 8.78. The summed E-state index contributed by atoms with van der Waals surface area (Å²) in [5.41, 5.74) is 1.42. The molecule has 118 valence electrons. The molecule has 0 aliphatic carbocycles. The van der Waals surface area contributed by atoms with Crippen molar-refractivity contribution in [3.63, 3.8) is 0 Å². The van der Waals surface area contributed by atoms with Crippen LogP contribution in [0.5, 0.6) is 0 Å². The molecule has 0 radical (unpaired) electrons. The lowest BCUT2D eigenvalue weighted by Crippen LogP contribution is -2.45. The maximum atomic E-state index is 3.89. The van der Waals surface area contributed by atoms with Gasteiger partial charge < -0.3 is 10.2 Å². The van der Waals surface area contributed by atoms with Crippen molar-refractivity contribution in [2.45, 2.75) is 58.5 Å². The SMILES string of the molecule is CCCN1CCCC(C(C)NC(CC)c2ccccc2)C1. The quantitative estimate of drug-likeness (QED) is 0.807. The molecule has 1 heterocycles. The Bertz CT molecular complexity index is 388. The van der Waals surface area contributed by atoms with Crippen molar-refractivity contribution in [3.8, 4) is 0 Å². The third-order valence-corrected chi connectivity index (χ3v) is 4.86. The van der Waals surface area contributed by atoms with Crippen LogP contribution >= 0.6 is 0 Å². The van der Waals surface area contributed by atoms with Crippen LogP contribution in [0.4, 0.5) is 0 Å². The second kappa shape index (κ2) is 8.55. The molecule has 0 bridgehead atoms. The van der Waals surface area contributed by atoms with Crippen molar-refractivity contribution in [1.82, 2.24) is 10.2 Å². The molecule has 2 nitrogen and oxygen atoms in total. The molecule has 0 saturated carbocycles. The van der Waals surface area contributed by atoms with E-state index < -0.39 is 0 Å². The molecule has 0 spiro atoms. The van der Waals surface area contributed by atoms with Gasteiger partial charge >= 0.3 is 0 Å². The summed E-state index contributed by atoms with van der Waals surface area (Å²) in [7, 11) is 0. The third-order valence-electron chi connectivity index (χ3n) is 4.86. The minimum Gasteiger partial charge on any atom is -0.307 e. The highest BCUT2D eigenvalue weighted by Crippen LogP contribution is 2.23. The fraction of sp³-hybridized carbons (Fsp3) is 0.684. The highest BCUT2D eigenvalue weighted by Gasteiger charge is 2.25. The largest absolute Gasteiger partial charge is 0.307 e. The average molecular weight is 288 g/mol. The number of benzene rings is 1. The Balaban J connectivity index is 1.91. The fourth-order valence-corrected chi connectivity index (χ4v) is 3.61. The Morgan fingerprint density at radius 3 is 2.67 bits per heavy atom. The molecular weight excluding hydrogens is 256 g/mol. The number of hydrogen-bond donors (Lipinski definition) is 1. The zero-order chi connectivity index (χ0) is 15.1. The lowest BCUT2D eigenvalue weighted by molar-refractivity contribution is 0.146. The molecule has 2 rings (SSSR count). The van der Waals surface area contributed by atoms with E-state index in [0.29, 0.717) is 12.1 Å². The lowest BCUT2D eigenvalue weighted by Gasteiger charge is -2.37. The summed E-state index contributed by atoms with van der Waals surface area (Å²) >= 11 is 0. The lowest BCUT2D eigenvalue weighted by atomic mass is 9.90. The Kier molecular flexibility index (Phi) is 6.72. The van der Waals surface area contributed by atoms with Crippen LogP contribution in [0.25, 0.3) is 0 Å². The summed E-state index contributed by atoms with van der Waals surface area (Å²) in [5, 5.41) is 3.89. The smallest absolute Gasteiger partial charge is 0.0320 e. The first-order chi connectivity index (χ1) is 10.2.